The molecule has 0 aromatic carbocycles. The van der Waals surface area contributed by atoms with Gasteiger partial charge in [0.25, 0.3) is 0 Å². The van der Waals surface area contributed by atoms with Gasteiger partial charge in [0, 0.05) is 11.0 Å². The van der Waals surface area contributed by atoms with Gasteiger partial charge in [0.1, 0.15) is 5.41 Å². The molecule has 1 N–H and O–H groups in total. The third kappa shape index (κ3) is 4.36. The van der Waals surface area contributed by atoms with Gasteiger partial charge in [-0.2, -0.15) is 5.26 Å². The summed E-state index contributed by atoms with van der Waals surface area (Å²) in [6, 6.07) is 2.18. The van der Waals surface area contributed by atoms with Crippen LogP contribution in [-0.2, 0) is 4.79 Å². The second-order valence-corrected chi connectivity index (χ2v) is 5.02. The van der Waals surface area contributed by atoms with Crippen LogP contribution in [0.5, 0.6) is 0 Å². The summed E-state index contributed by atoms with van der Waals surface area (Å²) in [6.45, 7) is 7.99. The van der Waals surface area contributed by atoms with E-state index in [0.29, 0.717) is 23.9 Å². The molecule has 0 fully saturated rings. The van der Waals surface area contributed by atoms with E-state index in [1.54, 1.807) is 0 Å². The number of halogens is 1. The van der Waals surface area contributed by atoms with Crippen molar-refractivity contribution < 1.29 is 4.79 Å². The number of nitrogens with one attached hydrogen (secondary N) is 1. The van der Waals surface area contributed by atoms with Gasteiger partial charge >= 0.3 is 0 Å². The van der Waals surface area contributed by atoms with Crippen molar-refractivity contribution in [2.75, 3.05) is 6.54 Å². The van der Waals surface area contributed by atoms with Crippen molar-refractivity contribution in [3.05, 3.63) is 11.1 Å². The topological polar surface area (TPSA) is 52.9 Å². The molecule has 0 aliphatic heterocycles. The molecule has 16 heavy (non-hydrogen) atoms. The molecule has 0 saturated carbocycles. The van der Waals surface area contributed by atoms with Gasteiger partial charge in [0.15, 0.2) is 0 Å². The Labute approximate surface area is 106 Å². The van der Waals surface area contributed by atoms with Crippen LogP contribution in [0.15, 0.2) is 11.1 Å². The van der Waals surface area contributed by atoms with Crippen molar-refractivity contribution in [2.45, 2.75) is 39.5 Å². The summed E-state index contributed by atoms with van der Waals surface area (Å²) < 4.78 is 0.709. The Balaban J connectivity index is 4.67. The Hall–Kier alpha value is -0.820. The van der Waals surface area contributed by atoms with Gasteiger partial charge in [-0.1, -0.05) is 49.2 Å². The quantitative estimate of drug-likeness (QED) is 0.782. The smallest absolute Gasteiger partial charge is 0.240 e. The van der Waals surface area contributed by atoms with Crippen LogP contribution in [0, 0.1) is 16.7 Å². The SMILES string of the molecule is C=C(Br)CNC(=O)C(C#N)(CCC)CCC. The Bertz CT molecular complexity index is 288. The van der Waals surface area contributed by atoms with E-state index in [9.17, 15) is 10.1 Å². The number of carbonyl (C=O) groups is 1. The molecule has 90 valence electrons. The first kappa shape index (κ1) is 15.2. The highest BCUT2D eigenvalue weighted by molar-refractivity contribution is 9.11. The van der Waals surface area contributed by atoms with E-state index in [1.807, 2.05) is 13.8 Å². The van der Waals surface area contributed by atoms with Gasteiger partial charge in [0.05, 0.1) is 6.07 Å². The Morgan fingerprint density at radius 1 is 1.44 bits per heavy atom. The lowest BCUT2D eigenvalue weighted by molar-refractivity contribution is -0.128. The molecule has 0 radical (unpaired) electrons. The average Bonchev–Trinajstić information content (AvgIpc) is 2.25. The molecule has 4 heteroatoms. The van der Waals surface area contributed by atoms with Crippen molar-refractivity contribution in [1.29, 1.82) is 5.26 Å². The standard InChI is InChI=1S/C12H19BrN2O/c1-4-6-12(9-14,7-5-2)11(16)15-8-10(3)13/h3-8H2,1-2H3,(H,15,16). The summed E-state index contributed by atoms with van der Waals surface area (Å²) in [5.74, 6) is -0.181. The second-order valence-electron chi connectivity index (χ2n) is 3.89. The largest absolute Gasteiger partial charge is 0.350 e. The third-order valence-electron chi connectivity index (χ3n) is 2.44. The molecule has 0 aromatic heterocycles. The van der Waals surface area contributed by atoms with Crippen LogP contribution in [0.4, 0.5) is 0 Å². The molecular weight excluding hydrogens is 268 g/mol. The van der Waals surface area contributed by atoms with Crippen molar-refractivity contribution in [1.82, 2.24) is 5.32 Å². The van der Waals surface area contributed by atoms with Crippen LogP contribution in [0.3, 0.4) is 0 Å². The average molecular weight is 287 g/mol. The third-order valence-corrected chi connectivity index (χ3v) is 2.72. The van der Waals surface area contributed by atoms with E-state index in [2.05, 4.69) is 33.9 Å². The first-order valence-electron chi connectivity index (χ1n) is 5.55. The predicted octanol–water partition coefficient (Wildman–Crippen LogP) is 3.12. The Morgan fingerprint density at radius 2 is 1.94 bits per heavy atom. The lowest BCUT2D eigenvalue weighted by Crippen LogP contribution is -2.40. The fourth-order valence-corrected chi connectivity index (χ4v) is 1.85. The fourth-order valence-electron chi connectivity index (χ4n) is 1.71. The van der Waals surface area contributed by atoms with Crippen LogP contribution >= 0.6 is 15.9 Å². The molecule has 0 aliphatic rings. The number of carbonyl (C=O) groups excluding carboxylic acids is 1. The molecule has 0 unspecified atom stereocenters. The molecule has 0 saturated heterocycles. The first-order chi connectivity index (χ1) is 7.52. The lowest BCUT2D eigenvalue weighted by atomic mass is 9.80. The molecule has 0 rings (SSSR count). The number of hydrogen-bond donors (Lipinski definition) is 1. The van der Waals surface area contributed by atoms with Gasteiger partial charge in [-0.25, -0.2) is 0 Å². The van der Waals surface area contributed by atoms with Crippen molar-refractivity contribution >= 4 is 21.8 Å². The van der Waals surface area contributed by atoms with Crippen LogP contribution in [-0.4, -0.2) is 12.5 Å². The van der Waals surface area contributed by atoms with E-state index in [4.69, 9.17) is 0 Å². The Kier molecular flexibility index (Phi) is 7.07. The summed E-state index contributed by atoms with van der Waals surface area (Å²) in [6.07, 6.45) is 2.88. The van der Waals surface area contributed by atoms with E-state index < -0.39 is 5.41 Å². The van der Waals surface area contributed by atoms with E-state index in [1.165, 1.54) is 0 Å². The minimum Gasteiger partial charge on any atom is -0.350 e. The first-order valence-corrected chi connectivity index (χ1v) is 6.34. The summed E-state index contributed by atoms with van der Waals surface area (Å²) >= 11 is 3.18. The fraction of sp³-hybridized carbons (Fsp3) is 0.667. The maximum Gasteiger partial charge on any atom is 0.240 e. The Morgan fingerprint density at radius 3 is 2.25 bits per heavy atom. The highest BCUT2D eigenvalue weighted by Gasteiger charge is 2.36. The number of amides is 1. The van der Waals surface area contributed by atoms with Crippen LogP contribution in [0.1, 0.15) is 39.5 Å². The van der Waals surface area contributed by atoms with Crippen molar-refractivity contribution in [3.63, 3.8) is 0 Å². The summed E-state index contributed by atoms with van der Waals surface area (Å²) in [5, 5.41) is 12.0. The summed E-state index contributed by atoms with van der Waals surface area (Å²) in [7, 11) is 0. The normalized spacial score (nSPS) is 10.6. The number of nitrogens with zero attached hydrogens (tertiary/aromatic N) is 1. The van der Waals surface area contributed by atoms with E-state index >= 15 is 0 Å². The van der Waals surface area contributed by atoms with E-state index in [0.717, 1.165) is 12.8 Å². The van der Waals surface area contributed by atoms with Gasteiger partial charge in [-0.15, -0.1) is 0 Å². The number of hydrogen-bond acceptors (Lipinski definition) is 2. The predicted molar refractivity (Wildman–Crippen MR) is 68.9 cm³/mol. The highest BCUT2D eigenvalue weighted by atomic mass is 79.9. The maximum atomic E-state index is 12.0. The van der Waals surface area contributed by atoms with Crippen LogP contribution in [0.2, 0.25) is 0 Å². The molecule has 0 aliphatic carbocycles. The zero-order valence-corrected chi connectivity index (χ0v) is 11.6. The molecule has 1 amide bonds. The molecule has 0 aromatic rings. The molecule has 3 nitrogen and oxygen atoms in total. The summed E-state index contributed by atoms with van der Waals surface area (Å²) in [5.41, 5.74) is -0.869. The van der Waals surface area contributed by atoms with Crippen LogP contribution in [0.25, 0.3) is 0 Å². The van der Waals surface area contributed by atoms with Gasteiger partial charge in [0.2, 0.25) is 5.91 Å². The lowest BCUT2D eigenvalue weighted by Gasteiger charge is -2.24. The zero-order valence-electron chi connectivity index (χ0n) is 9.98. The minimum atomic E-state index is -0.869. The highest BCUT2D eigenvalue weighted by Crippen LogP contribution is 2.29. The molecule has 0 atom stereocenters. The van der Waals surface area contributed by atoms with Gasteiger partial charge in [-0.3, -0.25) is 4.79 Å². The molecule has 0 spiro atoms. The zero-order chi connectivity index (χ0) is 12.6. The monoisotopic (exact) mass is 286 g/mol. The van der Waals surface area contributed by atoms with E-state index in [-0.39, 0.29) is 5.91 Å². The summed E-state index contributed by atoms with van der Waals surface area (Å²) in [4.78, 5) is 12.0. The minimum absolute atomic E-state index is 0.181. The van der Waals surface area contributed by atoms with Crippen molar-refractivity contribution in [2.24, 2.45) is 5.41 Å². The maximum absolute atomic E-state index is 12.0. The van der Waals surface area contributed by atoms with Crippen molar-refractivity contribution in [3.8, 4) is 6.07 Å². The molecule has 0 bridgehead atoms. The number of rotatable bonds is 7. The number of nitriles is 1. The second kappa shape index (κ2) is 7.45. The molecule has 0 heterocycles. The van der Waals surface area contributed by atoms with Crippen LogP contribution < -0.4 is 5.32 Å². The van der Waals surface area contributed by atoms with Gasteiger partial charge < -0.3 is 5.32 Å². The molecular formula is C12H19BrN2O. The van der Waals surface area contributed by atoms with Gasteiger partial charge in [-0.05, 0) is 12.8 Å².